The van der Waals surface area contributed by atoms with Gasteiger partial charge in [0.1, 0.15) is 13.1 Å². The quantitative estimate of drug-likeness (QED) is 0.574. The summed E-state index contributed by atoms with van der Waals surface area (Å²) in [7, 11) is 0. The van der Waals surface area contributed by atoms with Gasteiger partial charge in [-0.3, -0.25) is 9.59 Å². The average Bonchev–Trinajstić information content (AvgIpc) is 2.39. The lowest BCUT2D eigenvalue weighted by molar-refractivity contribution is -0.137. The lowest BCUT2D eigenvalue weighted by Crippen LogP contribution is -2.50. The molecule has 0 aromatic rings. The molecule has 0 saturated heterocycles. The minimum Gasteiger partial charge on any atom is -0.480 e. The molecule has 0 bridgehead atoms. The molecule has 0 saturated carbocycles. The van der Waals surface area contributed by atoms with Gasteiger partial charge >= 0.3 is 12.0 Å². The Balaban J connectivity index is 4.66. The van der Waals surface area contributed by atoms with Gasteiger partial charge in [-0.05, 0) is 19.1 Å². The van der Waals surface area contributed by atoms with E-state index in [1.165, 1.54) is 0 Å². The fraction of sp³-hybridized carbons (Fsp3) is 0.750. The smallest absolute Gasteiger partial charge is 0.323 e. The number of nitrogens with two attached hydrogens (primary N) is 1. The third-order valence-corrected chi connectivity index (χ3v) is 4.83. The van der Waals surface area contributed by atoms with Crippen molar-refractivity contribution in [1.29, 1.82) is 0 Å². The van der Waals surface area contributed by atoms with Gasteiger partial charge in [-0.1, -0.05) is 13.8 Å². The molecule has 7 nitrogen and oxygen atoms in total. The first-order valence-corrected chi connectivity index (χ1v) is 7.60. The molecule has 0 spiro atoms. The van der Waals surface area contributed by atoms with Crippen molar-refractivity contribution < 1.29 is 19.5 Å². The van der Waals surface area contributed by atoms with Crippen LogP contribution in [0, 0.1) is 0 Å². The molecule has 0 aliphatic carbocycles. The highest BCUT2D eigenvalue weighted by Crippen LogP contribution is 2.29. The predicted molar refractivity (Wildman–Crippen MR) is 78.6 cm³/mol. The van der Waals surface area contributed by atoms with Gasteiger partial charge in [0.15, 0.2) is 0 Å². The van der Waals surface area contributed by atoms with Gasteiger partial charge in [-0.2, -0.15) is 11.8 Å². The zero-order valence-corrected chi connectivity index (χ0v) is 13.0. The molecule has 0 aromatic carbocycles. The molecule has 0 atom stereocenters. The molecule has 0 rings (SSSR count). The number of nitrogens with one attached hydrogen (secondary N) is 1. The fourth-order valence-electron chi connectivity index (χ4n) is 1.76. The van der Waals surface area contributed by atoms with E-state index >= 15 is 0 Å². The lowest BCUT2D eigenvalue weighted by Gasteiger charge is -2.31. The van der Waals surface area contributed by atoms with E-state index in [0.29, 0.717) is 6.54 Å². The summed E-state index contributed by atoms with van der Waals surface area (Å²) in [6.07, 6.45) is 3.72. The van der Waals surface area contributed by atoms with Crippen LogP contribution in [0.1, 0.15) is 26.7 Å². The van der Waals surface area contributed by atoms with E-state index < -0.39 is 31.0 Å². The molecule has 0 heterocycles. The van der Waals surface area contributed by atoms with Crippen LogP contribution in [0.15, 0.2) is 0 Å². The Labute approximate surface area is 123 Å². The van der Waals surface area contributed by atoms with Gasteiger partial charge in [0.05, 0.1) is 0 Å². The summed E-state index contributed by atoms with van der Waals surface area (Å²) < 4.78 is -0.0860. The van der Waals surface area contributed by atoms with Crippen molar-refractivity contribution in [3.8, 4) is 0 Å². The monoisotopic (exact) mass is 305 g/mol. The summed E-state index contributed by atoms with van der Waals surface area (Å²) in [5.41, 5.74) is 5.01. The number of urea groups is 1. The number of carbonyl (C=O) groups is 3. The van der Waals surface area contributed by atoms with Crippen LogP contribution in [0.4, 0.5) is 4.79 Å². The van der Waals surface area contributed by atoms with Crippen LogP contribution < -0.4 is 11.1 Å². The van der Waals surface area contributed by atoms with Gasteiger partial charge in [-0.25, -0.2) is 4.79 Å². The third-order valence-electron chi connectivity index (χ3n) is 3.24. The van der Waals surface area contributed by atoms with Crippen LogP contribution in [0.3, 0.4) is 0 Å². The number of nitrogens with zero attached hydrogens (tertiary/aromatic N) is 1. The maximum absolute atomic E-state index is 11.9. The van der Waals surface area contributed by atoms with Crippen LogP contribution in [-0.4, -0.2) is 58.6 Å². The van der Waals surface area contributed by atoms with Crippen molar-refractivity contribution in [2.45, 2.75) is 31.4 Å². The Hall–Kier alpha value is -1.44. The van der Waals surface area contributed by atoms with Crippen molar-refractivity contribution in [1.82, 2.24) is 10.2 Å². The summed E-state index contributed by atoms with van der Waals surface area (Å²) in [5, 5.41) is 11.4. The number of primary amides is 1. The van der Waals surface area contributed by atoms with Gasteiger partial charge in [0.2, 0.25) is 5.91 Å². The molecule has 0 unspecified atom stereocenters. The van der Waals surface area contributed by atoms with Crippen molar-refractivity contribution in [3.63, 3.8) is 0 Å². The highest BCUT2D eigenvalue weighted by atomic mass is 32.2. The minimum atomic E-state index is -1.19. The number of aliphatic carboxylic acids is 1. The number of amides is 3. The van der Waals surface area contributed by atoms with Gasteiger partial charge < -0.3 is 21.1 Å². The first-order valence-electron chi connectivity index (χ1n) is 6.38. The lowest BCUT2D eigenvalue weighted by atomic mass is 10.0. The summed E-state index contributed by atoms with van der Waals surface area (Å²) in [6, 6.07) is -0.591. The Morgan fingerprint density at radius 2 is 1.80 bits per heavy atom. The number of hydrogen-bond acceptors (Lipinski definition) is 4. The summed E-state index contributed by atoms with van der Waals surface area (Å²) in [5.74, 6) is -1.94. The van der Waals surface area contributed by atoms with Crippen molar-refractivity contribution >= 4 is 29.7 Å². The summed E-state index contributed by atoms with van der Waals surface area (Å²) >= 11 is 1.66. The van der Waals surface area contributed by atoms with E-state index in [-0.39, 0.29) is 4.75 Å². The number of carbonyl (C=O) groups excluding carboxylic acids is 2. The first-order chi connectivity index (χ1) is 9.30. The second kappa shape index (κ2) is 8.68. The van der Waals surface area contributed by atoms with Crippen LogP contribution in [-0.2, 0) is 9.59 Å². The van der Waals surface area contributed by atoms with Gasteiger partial charge in [-0.15, -0.1) is 0 Å². The van der Waals surface area contributed by atoms with E-state index in [4.69, 9.17) is 10.8 Å². The molecule has 4 N–H and O–H groups in total. The first kappa shape index (κ1) is 18.6. The fourth-order valence-corrected chi connectivity index (χ4v) is 2.55. The number of thioether (sulfide) groups is 1. The Kier molecular flexibility index (Phi) is 8.05. The standard InChI is InChI=1S/C12H23N3O4S/c1-4-12(5-2,20-3)8-14-11(19)15(6-9(13)16)7-10(17)18/h4-8H2,1-3H3,(H2,13,16)(H,14,19)(H,17,18). The van der Waals surface area contributed by atoms with Crippen molar-refractivity contribution in [2.24, 2.45) is 5.73 Å². The predicted octanol–water partition coefficient (Wildman–Crippen LogP) is 0.490. The number of carboxylic acids is 1. The van der Waals surface area contributed by atoms with Crippen LogP contribution in [0.25, 0.3) is 0 Å². The molecule has 0 radical (unpaired) electrons. The number of hydrogen-bond donors (Lipinski definition) is 3. The Bertz CT molecular complexity index is 334. The maximum Gasteiger partial charge on any atom is 0.323 e. The number of carboxylic acid groups (broad SMARTS) is 1. The SMILES string of the molecule is CCC(CC)(CNC(=O)N(CC(N)=O)CC(=O)O)SC. The van der Waals surface area contributed by atoms with Crippen molar-refractivity contribution in [3.05, 3.63) is 0 Å². The van der Waals surface area contributed by atoms with E-state index in [2.05, 4.69) is 5.32 Å². The molecule has 0 aromatic heterocycles. The second-order valence-electron chi connectivity index (χ2n) is 4.47. The Morgan fingerprint density at radius 1 is 1.25 bits per heavy atom. The highest BCUT2D eigenvalue weighted by molar-refractivity contribution is 8.00. The molecular formula is C12H23N3O4S. The minimum absolute atomic E-state index is 0.0860. The molecular weight excluding hydrogens is 282 g/mol. The largest absolute Gasteiger partial charge is 0.480 e. The van der Waals surface area contributed by atoms with Crippen LogP contribution >= 0.6 is 11.8 Å². The molecule has 0 aliphatic heterocycles. The molecule has 0 aliphatic rings. The van der Waals surface area contributed by atoms with E-state index in [0.717, 1.165) is 17.7 Å². The van der Waals surface area contributed by atoms with E-state index in [9.17, 15) is 14.4 Å². The molecule has 0 fully saturated rings. The molecule has 20 heavy (non-hydrogen) atoms. The van der Waals surface area contributed by atoms with Gasteiger partial charge in [0.25, 0.3) is 0 Å². The molecule has 116 valence electrons. The topological polar surface area (TPSA) is 113 Å². The summed E-state index contributed by atoms with van der Waals surface area (Å²) in [4.78, 5) is 34.4. The molecule has 8 heteroatoms. The van der Waals surface area contributed by atoms with Crippen molar-refractivity contribution in [2.75, 3.05) is 25.9 Å². The number of rotatable bonds is 9. The normalized spacial score (nSPS) is 10.9. The highest BCUT2D eigenvalue weighted by Gasteiger charge is 2.27. The zero-order valence-electron chi connectivity index (χ0n) is 12.1. The zero-order chi connectivity index (χ0) is 15.8. The maximum atomic E-state index is 11.9. The van der Waals surface area contributed by atoms with Gasteiger partial charge in [0, 0.05) is 11.3 Å². The average molecular weight is 305 g/mol. The molecule has 3 amide bonds. The van der Waals surface area contributed by atoms with Crippen LogP contribution in [0.2, 0.25) is 0 Å². The Morgan fingerprint density at radius 3 is 2.15 bits per heavy atom. The van der Waals surface area contributed by atoms with Crippen LogP contribution in [0.5, 0.6) is 0 Å². The second-order valence-corrected chi connectivity index (χ2v) is 5.74. The third kappa shape index (κ3) is 6.14. The summed E-state index contributed by atoms with van der Waals surface area (Å²) in [6.45, 7) is 3.51. The van der Waals surface area contributed by atoms with E-state index in [1.807, 2.05) is 20.1 Å². The van der Waals surface area contributed by atoms with E-state index in [1.54, 1.807) is 11.8 Å².